The zero-order valence-corrected chi connectivity index (χ0v) is 9.10. The molecule has 1 aromatic carbocycles. The van der Waals surface area contributed by atoms with Gasteiger partial charge in [0.05, 0.1) is 5.56 Å². The van der Waals surface area contributed by atoms with Gasteiger partial charge in [0.15, 0.2) is 0 Å². The average molecular weight is 247 g/mol. The van der Waals surface area contributed by atoms with E-state index < -0.39 is 23.6 Å². The minimum atomic E-state index is -4.48. The predicted octanol–water partition coefficient (Wildman–Crippen LogP) is 3.64. The van der Waals surface area contributed by atoms with Gasteiger partial charge in [-0.25, -0.2) is 4.39 Å². The number of alkyl halides is 3. The van der Waals surface area contributed by atoms with E-state index in [4.69, 9.17) is 5.73 Å². The number of rotatable bonds is 3. The summed E-state index contributed by atoms with van der Waals surface area (Å²) < 4.78 is 51.2. The van der Waals surface area contributed by atoms with Crippen molar-refractivity contribution >= 4 is 0 Å². The zero-order chi connectivity index (χ0) is 12.6. The first-order valence-electron chi connectivity index (χ1n) is 5.50. The van der Waals surface area contributed by atoms with Gasteiger partial charge in [0.2, 0.25) is 0 Å². The molecule has 1 nitrogen and oxygen atoms in total. The van der Waals surface area contributed by atoms with E-state index >= 15 is 0 Å². The molecular formula is C12H13F4N. The number of nitrogens with two attached hydrogens (primary N) is 1. The van der Waals surface area contributed by atoms with E-state index in [2.05, 4.69) is 0 Å². The summed E-state index contributed by atoms with van der Waals surface area (Å²) in [6.07, 6.45) is -1.98. The fraction of sp³-hybridized carbons (Fsp3) is 0.500. The van der Waals surface area contributed by atoms with Crippen molar-refractivity contribution in [1.29, 1.82) is 0 Å². The fourth-order valence-corrected chi connectivity index (χ4v) is 1.94. The lowest BCUT2D eigenvalue weighted by atomic mass is 9.96. The molecule has 0 amide bonds. The molecule has 1 aliphatic carbocycles. The highest BCUT2D eigenvalue weighted by molar-refractivity contribution is 5.33. The second-order valence-corrected chi connectivity index (χ2v) is 4.51. The predicted molar refractivity (Wildman–Crippen MR) is 55.7 cm³/mol. The summed E-state index contributed by atoms with van der Waals surface area (Å²) in [7, 11) is 0. The van der Waals surface area contributed by atoms with Gasteiger partial charge in [-0.2, -0.15) is 13.2 Å². The van der Waals surface area contributed by atoms with Crippen LogP contribution in [-0.4, -0.2) is 0 Å². The highest BCUT2D eigenvalue weighted by Crippen LogP contribution is 2.40. The smallest absolute Gasteiger partial charge is 0.324 e. The standard InChI is InChI=1S/C12H13F4N/c13-8-3-4-10(12(14,15)16)9(6-8)11(17)5-7-1-2-7/h3-4,6-7,11H,1-2,5,17H2. The zero-order valence-electron chi connectivity index (χ0n) is 9.10. The van der Waals surface area contributed by atoms with Gasteiger partial charge in [-0.15, -0.1) is 0 Å². The van der Waals surface area contributed by atoms with Crippen LogP contribution in [0.3, 0.4) is 0 Å². The van der Waals surface area contributed by atoms with Crippen molar-refractivity contribution in [3.8, 4) is 0 Å². The fourth-order valence-electron chi connectivity index (χ4n) is 1.94. The molecule has 1 saturated carbocycles. The quantitative estimate of drug-likeness (QED) is 0.811. The molecule has 0 heterocycles. The monoisotopic (exact) mass is 247 g/mol. The van der Waals surface area contributed by atoms with Crippen molar-refractivity contribution in [2.24, 2.45) is 11.7 Å². The average Bonchev–Trinajstić information content (AvgIpc) is 2.99. The Balaban J connectivity index is 2.31. The third kappa shape index (κ3) is 2.97. The Kier molecular flexibility index (Phi) is 3.12. The molecule has 0 aliphatic heterocycles. The summed E-state index contributed by atoms with van der Waals surface area (Å²) in [5.74, 6) is -0.284. The molecule has 1 fully saturated rings. The molecule has 94 valence electrons. The minimum absolute atomic E-state index is 0.135. The first-order valence-corrected chi connectivity index (χ1v) is 5.50. The molecule has 0 aromatic heterocycles. The second-order valence-electron chi connectivity index (χ2n) is 4.51. The highest BCUT2D eigenvalue weighted by Gasteiger charge is 2.36. The summed E-state index contributed by atoms with van der Waals surface area (Å²) in [4.78, 5) is 0. The van der Waals surface area contributed by atoms with Crippen molar-refractivity contribution in [2.75, 3.05) is 0 Å². The Morgan fingerprint density at radius 3 is 2.47 bits per heavy atom. The molecule has 17 heavy (non-hydrogen) atoms. The largest absolute Gasteiger partial charge is 0.416 e. The molecule has 0 radical (unpaired) electrons. The molecule has 1 aromatic rings. The van der Waals surface area contributed by atoms with E-state index in [1.807, 2.05) is 0 Å². The van der Waals surface area contributed by atoms with Crippen LogP contribution in [0.15, 0.2) is 18.2 Å². The first-order chi connectivity index (χ1) is 7.88. The first kappa shape index (κ1) is 12.4. The van der Waals surface area contributed by atoms with Crippen molar-refractivity contribution in [3.63, 3.8) is 0 Å². The van der Waals surface area contributed by atoms with Crippen LogP contribution in [0.5, 0.6) is 0 Å². The minimum Gasteiger partial charge on any atom is -0.324 e. The number of halogens is 4. The topological polar surface area (TPSA) is 26.0 Å². The van der Waals surface area contributed by atoms with E-state index in [1.165, 1.54) is 0 Å². The number of benzene rings is 1. The van der Waals surface area contributed by atoms with Gasteiger partial charge in [-0.1, -0.05) is 12.8 Å². The summed E-state index contributed by atoms with van der Waals surface area (Å²) in [5.41, 5.74) is 4.77. The van der Waals surface area contributed by atoms with Crippen molar-refractivity contribution < 1.29 is 17.6 Å². The van der Waals surface area contributed by atoms with Crippen LogP contribution in [-0.2, 0) is 6.18 Å². The third-order valence-electron chi connectivity index (χ3n) is 3.00. The Labute approximate surface area is 96.6 Å². The molecule has 1 aliphatic rings. The molecule has 0 spiro atoms. The molecule has 2 N–H and O–H groups in total. The molecule has 2 rings (SSSR count). The summed E-state index contributed by atoms with van der Waals surface area (Å²) in [6.45, 7) is 0. The summed E-state index contributed by atoms with van der Waals surface area (Å²) in [6, 6.07) is 1.73. The van der Waals surface area contributed by atoms with Gasteiger partial charge >= 0.3 is 6.18 Å². The maximum absolute atomic E-state index is 13.0. The summed E-state index contributed by atoms with van der Waals surface area (Å²) >= 11 is 0. The van der Waals surface area contributed by atoms with Crippen LogP contribution in [0.25, 0.3) is 0 Å². The van der Waals surface area contributed by atoms with E-state index in [0.717, 1.165) is 31.0 Å². The lowest BCUT2D eigenvalue weighted by Gasteiger charge is -2.18. The van der Waals surface area contributed by atoms with Crippen molar-refractivity contribution in [1.82, 2.24) is 0 Å². The van der Waals surface area contributed by atoms with Gasteiger partial charge in [0.25, 0.3) is 0 Å². The Bertz CT molecular complexity index is 409. The Hall–Kier alpha value is -1.10. The van der Waals surface area contributed by atoms with Gasteiger partial charge in [0.1, 0.15) is 5.82 Å². The second kappa shape index (κ2) is 4.29. The maximum Gasteiger partial charge on any atom is 0.416 e. The highest BCUT2D eigenvalue weighted by atomic mass is 19.4. The van der Waals surface area contributed by atoms with E-state index in [9.17, 15) is 17.6 Å². The van der Waals surface area contributed by atoms with Crippen molar-refractivity contribution in [2.45, 2.75) is 31.5 Å². The Morgan fingerprint density at radius 2 is 1.94 bits per heavy atom. The van der Waals surface area contributed by atoms with Gasteiger partial charge < -0.3 is 5.73 Å². The maximum atomic E-state index is 13.0. The molecule has 1 atom stereocenters. The SMILES string of the molecule is NC(CC1CC1)c1cc(F)ccc1C(F)(F)F. The van der Waals surface area contributed by atoms with E-state index in [1.54, 1.807) is 0 Å². The van der Waals surface area contributed by atoms with Crippen LogP contribution < -0.4 is 5.73 Å². The Morgan fingerprint density at radius 1 is 1.29 bits per heavy atom. The van der Waals surface area contributed by atoms with E-state index in [-0.39, 0.29) is 5.56 Å². The van der Waals surface area contributed by atoms with Gasteiger partial charge in [-0.05, 0) is 36.1 Å². The molecule has 5 heteroatoms. The van der Waals surface area contributed by atoms with Gasteiger partial charge in [0, 0.05) is 6.04 Å². The normalized spacial score (nSPS) is 18.2. The van der Waals surface area contributed by atoms with Gasteiger partial charge in [-0.3, -0.25) is 0 Å². The van der Waals surface area contributed by atoms with E-state index in [0.29, 0.717) is 12.3 Å². The molecule has 1 unspecified atom stereocenters. The molecular weight excluding hydrogens is 234 g/mol. The number of hydrogen-bond donors (Lipinski definition) is 1. The molecule has 0 saturated heterocycles. The summed E-state index contributed by atoms with van der Waals surface area (Å²) in [5, 5.41) is 0. The van der Waals surface area contributed by atoms with Crippen LogP contribution in [0.4, 0.5) is 17.6 Å². The van der Waals surface area contributed by atoms with Crippen LogP contribution in [0.1, 0.15) is 36.4 Å². The lowest BCUT2D eigenvalue weighted by molar-refractivity contribution is -0.138. The van der Waals surface area contributed by atoms with Crippen LogP contribution in [0, 0.1) is 11.7 Å². The van der Waals surface area contributed by atoms with Crippen LogP contribution in [0.2, 0.25) is 0 Å². The molecule has 0 bridgehead atoms. The van der Waals surface area contributed by atoms with Crippen molar-refractivity contribution in [3.05, 3.63) is 35.1 Å². The van der Waals surface area contributed by atoms with Crippen LogP contribution >= 0.6 is 0 Å². The lowest BCUT2D eigenvalue weighted by Crippen LogP contribution is -2.18. The third-order valence-corrected chi connectivity index (χ3v) is 3.00. The number of hydrogen-bond acceptors (Lipinski definition) is 1.